The summed E-state index contributed by atoms with van der Waals surface area (Å²) in [5, 5.41) is 21.7. The second-order valence-electron chi connectivity index (χ2n) is 13.3. The number of allylic oxidation sites excluding steroid dienone is 6. The molecule has 7 amide bonds. The Bertz CT molecular complexity index is 1740. The molecule has 6 atom stereocenters. The fourth-order valence-corrected chi connectivity index (χ4v) is 5.40. The largest absolute Gasteiger partial charge is 0.507 e. The number of aromatic hydroxyl groups is 1. The van der Waals surface area contributed by atoms with Crippen LogP contribution in [0.15, 0.2) is 65.2 Å². The van der Waals surface area contributed by atoms with Crippen molar-refractivity contribution < 1.29 is 48.2 Å². The minimum Gasteiger partial charge on any atom is -0.507 e. The summed E-state index contributed by atoms with van der Waals surface area (Å²) in [6, 6.07) is -2.54. The van der Waals surface area contributed by atoms with Crippen LogP contribution in [0, 0.1) is 11.8 Å². The van der Waals surface area contributed by atoms with Gasteiger partial charge in [0.25, 0.3) is 0 Å². The van der Waals surface area contributed by atoms with Gasteiger partial charge in [-0.25, -0.2) is 4.79 Å². The number of carbonyl (C=O) groups excluding carboxylic acids is 8. The van der Waals surface area contributed by atoms with E-state index in [9.17, 15) is 43.5 Å². The fourth-order valence-electron chi connectivity index (χ4n) is 5.00. The van der Waals surface area contributed by atoms with Gasteiger partial charge in [0, 0.05) is 6.08 Å². The summed E-state index contributed by atoms with van der Waals surface area (Å²) in [7, 11) is 0. The highest BCUT2D eigenvalue weighted by Crippen LogP contribution is 2.24. The molecule has 298 valence electrons. The van der Waals surface area contributed by atoms with E-state index in [1.807, 2.05) is 6.08 Å². The number of hydrogen-bond donors (Lipinski definition) is 8. The highest BCUT2D eigenvalue weighted by Gasteiger charge is 2.38. The number of nitrogens with one attached hydrogen (secondary N) is 5. The highest BCUT2D eigenvalue weighted by molar-refractivity contribution is 9.10. The number of hydrogen-bond acceptors (Lipinski definition) is 10. The first-order valence-corrected chi connectivity index (χ1v) is 18.1. The van der Waals surface area contributed by atoms with E-state index >= 15 is 0 Å². The Morgan fingerprint density at radius 3 is 1.84 bits per heavy atom. The van der Waals surface area contributed by atoms with E-state index in [0.717, 1.165) is 11.6 Å². The number of amides is 7. The van der Waals surface area contributed by atoms with Gasteiger partial charge in [-0.3, -0.25) is 33.6 Å². The lowest BCUT2D eigenvalue weighted by molar-refractivity contribution is -0.157. The maximum absolute atomic E-state index is 13.7. The molecule has 1 aliphatic rings. The summed E-state index contributed by atoms with van der Waals surface area (Å²) >= 11 is 3.25. The Hall–Kier alpha value is -5.78. The number of cyclic esters (lactones) is 1. The van der Waals surface area contributed by atoms with Gasteiger partial charge in [0.15, 0.2) is 0 Å². The molecule has 0 aliphatic carbocycles. The van der Waals surface area contributed by atoms with Crippen molar-refractivity contribution in [2.24, 2.45) is 23.3 Å². The SMILES string of the molecule is CC(C)[C@@H]1NC(=O)[C@@H](NC(=O)/C=C/C=C/C=C/C=C/c2ccc(O)c(Br)c2)[C@@H](C)OC(=O)[C@H](C(C)C)NC(=O)[C@H](CC(N)=O)NC(=O)[C@H](CC(N)=O)NC1=O. The van der Waals surface area contributed by atoms with Crippen LogP contribution < -0.4 is 38.1 Å². The maximum Gasteiger partial charge on any atom is 0.329 e. The van der Waals surface area contributed by atoms with Crippen molar-refractivity contribution in [2.75, 3.05) is 0 Å². The van der Waals surface area contributed by atoms with Gasteiger partial charge in [-0.1, -0.05) is 76.3 Å². The first-order chi connectivity index (χ1) is 25.8. The normalized spacial score (nSPS) is 23.5. The summed E-state index contributed by atoms with van der Waals surface area (Å²) < 4.78 is 6.13. The third-order valence-corrected chi connectivity index (χ3v) is 8.59. The quantitative estimate of drug-likeness (QED) is 0.0809. The van der Waals surface area contributed by atoms with E-state index in [-0.39, 0.29) is 5.75 Å². The maximum atomic E-state index is 13.7. The first kappa shape index (κ1) is 45.4. The number of nitrogens with two attached hydrogens (primary N) is 2. The van der Waals surface area contributed by atoms with Crippen LogP contribution in [-0.4, -0.2) is 88.7 Å². The minimum absolute atomic E-state index is 0.123. The average Bonchev–Trinajstić information content (AvgIpc) is 3.08. The number of phenols is 1. The van der Waals surface area contributed by atoms with Crippen LogP contribution in [0.2, 0.25) is 0 Å². The van der Waals surface area contributed by atoms with Crippen molar-refractivity contribution >= 4 is 69.3 Å². The molecule has 1 fully saturated rings. The van der Waals surface area contributed by atoms with Gasteiger partial charge in [0.05, 0.1) is 17.3 Å². The number of benzene rings is 1. The lowest BCUT2D eigenvalue weighted by atomic mass is 10.0. The molecular formula is C37H48BrN7O10. The molecule has 0 bridgehead atoms. The van der Waals surface area contributed by atoms with Crippen molar-refractivity contribution in [3.8, 4) is 5.75 Å². The van der Waals surface area contributed by atoms with Crippen molar-refractivity contribution in [2.45, 2.75) is 83.8 Å². The van der Waals surface area contributed by atoms with Crippen molar-refractivity contribution in [3.63, 3.8) is 0 Å². The van der Waals surface area contributed by atoms with Crippen LogP contribution in [0.4, 0.5) is 0 Å². The zero-order valence-electron chi connectivity index (χ0n) is 31.0. The van der Waals surface area contributed by atoms with Crippen molar-refractivity contribution in [1.29, 1.82) is 0 Å². The summed E-state index contributed by atoms with van der Waals surface area (Å²) in [6.07, 6.45) is 9.91. The smallest absolute Gasteiger partial charge is 0.329 e. The van der Waals surface area contributed by atoms with Crippen LogP contribution in [0.5, 0.6) is 5.75 Å². The molecule has 0 aromatic heterocycles. The van der Waals surface area contributed by atoms with Gasteiger partial charge < -0.3 is 47.9 Å². The standard InChI is InChI=1S/C37H48BrN7O10/c1-19(2)30-35(52)42-24(17-27(39)47)33(50)41-25(18-28(40)48)34(51)45-31(20(3)4)37(54)55-21(5)32(36(53)44-30)43-29(49)13-11-9-7-6-8-10-12-22-14-15-26(46)23(38)16-22/h6-16,19-21,24-25,30-32,46H,17-18H2,1-5H3,(H2,39,47)(H2,40,48)(H,41,50)(H,42,52)(H,43,49)(H,44,53)(H,45,51)/b8-6+,9-7+,12-10+,13-11+/t21-,24+,25+,30+,31+,32+/m1/s1. The molecule has 10 N–H and O–H groups in total. The first-order valence-electron chi connectivity index (χ1n) is 17.3. The van der Waals surface area contributed by atoms with E-state index in [0.29, 0.717) is 4.47 Å². The minimum atomic E-state index is -1.65. The molecule has 18 heteroatoms. The molecule has 0 saturated carbocycles. The Labute approximate surface area is 326 Å². The highest BCUT2D eigenvalue weighted by atomic mass is 79.9. The summed E-state index contributed by atoms with van der Waals surface area (Å²) in [5.41, 5.74) is 11.5. The second kappa shape index (κ2) is 21.8. The van der Waals surface area contributed by atoms with Gasteiger partial charge >= 0.3 is 5.97 Å². The van der Waals surface area contributed by atoms with Gasteiger partial charge in [-0.05, 0) is 52.4 Å². The Kier molecular flexibility index (Phi) is 18.0. The predicted octanol–water partition coefficient (Wildman–Crippen LogP) is 0.269. The Balaban J connectivity index is 2.40. The molecule has 1 aromatic rings. The third kappa shape index (κ3) is 15.2. The Morgan fingerprint density at radius 2 is 1.29 bits per heavy atom. The fraction of sp³-hybridized carbons (Fsp3) is 0.405. The number of carbonyl (C=O) groups is 8. The van der Waals surface area contributed by atoms with Crippen LogP contribution in [-0.2, 0) is 43.1 Å². The topological polar surface area (TPSA) is 278 Å². The number of esters is 1. The third-order valence-electron chi connectivity index (χ3n) is 7.96. The van der Waals surface area contributed by atoms with E-state index in [1.54, 1.807) is 76.3 Å². The zero-order valence-corrected chi connectivity index (χ0v) is 32.6. The number of ether oxygens (including phenoxy) is 1. The monoisotopic (exact) mass is 829 g/mol. The van der Waals surface area contributed by atoms with Crippen LogP contribution in [0.1, 0.15) is 53.0 Å². The number of halogens is 1. The second-order valence-corrected chi connectivity index (χ2v) is 14.1. The van der Waals surface area contributed by atoms with Gasteiger partial charge in [0.1, 0.15) is 42.1 Å². The lowest BCUT2D eigenvalue weighted by Gasteiger charge is -2.31. The number of primary amides is 2. The van der Waals surface area contributed by atoms with E-state index in [2.05, 4.69) is 42.5 Å². The molecule has 1 heterocycles. The lowest BCUT2D eigenvalue weighted by Crippen LogP contribution is -2.62. The van der Waals surface area contributed by atoms with Gasteiger partial charge in [0.2, 0.25) is 41.4 Å². The van der Waals surface area contributed by atoms with Crippen LogP contribution in [0.25, 0.3) is 6.08 Å². The molecule has 0 radical (unpaired) electrons. The molecule has 1 aromatic carbocycles. The molecule has 1 aliphatic heterocycles. The summed E-state index contributed by atoms with van der Waals surface area (Å²) in [5.74, 6) is -8.82. The molecule has 17 nitrogen and oxygen atoms in total. The number of rotatable bonds is 12. The Morgan fingerprint density at radius 1 is 0.782 bits per heavy atom. The molecule has 1 saturated heterocycles. The molecule has 0 unspecified atom stereocenters. The van der Waals surface area contributed by atoms with E-state index in [4.69, 9.17) is 16.2 Å². The van der Waals surface area contributed by atoms with Crippen molar-refractivity contribution in [1.82, 2.24) is 26.6 Å². The van der Waals surface area contributed by atoms with Gasteiger partial charge in [-0.2, -0.15) is 0 Å². The number of phenolic OH excluding ortho intramolecular Hbond substituents is 1. The summed E-state index contributed by atoms with van der Waals surface area (Å²) in [6.45, 7) is 7.64. The van der Waals surface area contributed by atoms with Crippen LogP contribution in [0.3, 0.4) is 0 Å². The van der Waals surface area contributed by atoms with Gasteiger partial charge in [-0.15, -0.1) is 0 Å². The zero-order chi connectivity index (χ0) is 41.4. The molecule has 2 rings (SSSR count). The molecular weight excluding hydrogens is 782 g/mol. The summed E-state index contributed by atoms with van der Waals surface area (Å²) in [4.78, 5) is 104. The van der Waals surface area contributed by atoms with Crippen molar-refractivity contribution in [3.05, 3.63) is 70.8 Å². The van der Waals surface area contributed by atoms with Crippen LogP contribution >= 0.6 is 15.9 Å². The predicted molar refractivity (Wildman–Crippen MR) is 205 cm³/mol. The van der Waals surface area contributed by atoms with E-state index < -0.39 is 108 Å². The van der Waals surface area contributed by atoms with E-state index in [1.165, 1.54) is 13.0 Å². The average molecular weight is 831 g/mol. The molecule has 0 spiro atoms. The molecule has 55 heavy (non-hydrogen) atoms.